The second kappa shape index (κ2) is 15.4. The van der Waals surface area contributed by atoms with Crippen LogP contribution in [0.15, 0.2) is 54.6 Å². The lowest BCUT2D eigenvalue weighted by atomic mass is 10.0. The van der Waals surface area contributed by atoms with E-state index in [0.29, 0.717) is 45.5 Å². The first-order valence-corrected chi connectivity index (χ1v) is 16.5. The molecule has 0 spiro atoms. The van der Waals surface area contributed by atoms with Gasteiger partial charge in [0.15, 0.2) is 0 Å². The summed E-state index contributed by atoms with van der Waals surface area (Å²) in [5.74, 6) is -1.39. The lowest BCUT2D eigenvalue weighted by Crippen LogP contribution is -2.58. The van der Waals surface area contributed by atoms with Crippen molar-refractivity contribution in [3.63, 3.8) is 0 Å². The third-order valence-corrected chi connectivity index (χ3v) is 9.02. The lowest BCUT2D eigenvalue weighted by molar-refractivity contribution is -0.142. The van der Waals surface area contributed by atoms with Crippen molar-refractivity contribution < 1.29 is 28.7 Å². The largest absolute Gasteiger partial charge is 0.492 e. The Labute approximate surface area is 276 Å². The van der Waals surface area contributed by atoms with Crippen molar-refractivity contribution in [2.24, 2.45) is 5.92 Å². The zero-order chi connectivity index (χ0) is 33.5. The molecule has 2 saturated heterocycles. The average molecular weight is 647 g/mol. The van der Waals surface area contributed by atoms with Crippen molar-refractivity contribution in [2.45, 2.75) is 70.7 Å². The number of hydrogen-bond acceptors (Lipinski definition) is 7. The first-order valence-electron chi connectivity index (χ1n) is 16.5. The number of carbonyl (C=O) groups is 5. The molecule has 4 atom stereocenters. The predicted molar refractivity (Wildman–Crippen MR) is 175 cm³/mol. The summed E-state index contributed by atoms with van der Waals surface area (Å²) in [6, 6.07) is 14.2. The van der Waals surface area contributed by atoms with E-state index < -0.39 is 36.0 Å². The van der Waals surface area contributed by atoms with E-state index in [4.69, 9.17) is 4.74 Å². The zero-order valence-electron chi connectivity index (χ0n) is 27.4. The number of rotatable bonds is 5. The molecule has 3 heterocycles. The van der Waals surface area contributed by atoms with E-state index in [9.17, 15) is 24.0 Å². The van der Waals surface area contributed by atoms with Gasteiger partial charge in [0.1, 0.15) is 30.5 Å². The summed E-state index contributed by atoms with van der Waals surface area (Å²) in [6.45, 7) is 6.89. The molecule has 3 aliphatic heterocycles. The van der Waals surface area contributed by atoms with Gasteiger partial charge in [-0.15, -0.1) is 0 Å². The molecule has 0 unspecified atom stereocenters. The average Bonchev–Trinajstić information content (AvgIpc) is 3.44. The Morgan fingerprint density at radius 3 is 2.43 bits per heavy atom. The number of nitrogens with zero attached hydrogens (tertiary/aromatic N) is 3. The minimum atomic E-state index is -0.905. The highest BCUT2D eigenvalue weighted by atomic mass is 16.5. The fourth-order valence-corrected chi connectivity index (χ4v) is 6.54. The number of hydrogen-bond donors (Lipinski definition) is 3. The van der Waals surface area contributed by atoms with Crippen LogP contribution in [0.25, 0.3) is 0 Å². The van der Waals surface area contributed by atoms with Crippen LogP contribution in [0, 0.1) is 5.92 Å². The van der Waals surface area contributed by atoms with Crippen LogP contribution in [-0.2, 0) is 36.9 Å². The van der Waals surface area contributed by atoms with Gasteiger partial charge in [-0.1, -0.05) is 62.4 Å². The van der Waals surface area contributed by atoms with E-state index in [1.165, 1.54) is 9.80 Å². The van der Waals surface area contributed by atoms with Gasteiger partial charge in [0, 0.05) is 31.7 Å². The summed E-state index contributed by atoms with van der Waals surface area (Å²) in [4.78, 5) is 73.2. The summed E-state index contributed by atoms with van der Waals surface area (Å²) in [6.07, 6.45) is 1.50. The van der Waals surface area contributed by atoms with Crippen molar-refractivity contribution in [3.8, 4) is 5.75 Å². The Hall–Kier alpha value is -4.45. The number of benzene rings is 2. The van der Waals surface area contributed by atoms with Crippen LogP contribution in [0.3, 0.4) is 0 Å². The Morgan fingerprint density at radius 2 is 1.66 bits per heavy atom. The molecular formula is C35H46N6O6. The van der Waals surface area contributed by atoms with Crippen molar-refractivity contribution in [3.05, 3.63) is 65.7 Å². The van der Waals surface area contributed by atoms with E-state index in [1.807, 2.05) is 73.3 Å². The standard InChI is InChI=1S/C35H46N6O6/c1-23(2)32-34(45)37-27(18-25-10-5-4-6-11-25)20-40(31(43)22-39-16-17-47-29-14-8-7-12-26(29)19-39)21-30(42)36-24(3)35(46)41-15-9-13-28(41)33(44)38-32/h4-8,10-12,14,23-24,27-28,32H,9,13,15-22H2,1-3H3,(H,36,42)(H,37,45)(H,38,44)/t24-,27-,28+,32-/m0/s1. The van der Waals surface area contributed by atoms with Crippen LogP contribution in [0.4, 0.5) is 0 Å². The van der Waals surface area contributed by atoms with Gasteiger partial charge in [-0.2, -0.15) is 0 Å². The quantitative estimate of drug-likeness (QED) is 0.442. The molecular weight excluding hydrogens is 600 g/mol. The second-order valence-corrected chi connectivity index (χ2v) is 13.0. The second-order valence-electron chi connectivity index (χ2n) is 13.0. The van der Waals surface area contributed by atoms with Gasteiger partial charge < -0.3 is 30.5 Å². The minimum absolute atomic E-state index is 0.0333. The molecule has 47 heavy (non-hydrogen) atoms. The van der Waals surface area contributed by atoms with Crippen molar-refractivity contribution in [2.75, 3.05) is 39.3 Å². The summed E-state index contributed by atoms with van der Waals surface area (Å²) in [5.41, 5.74) is 1.91. The summed E-state index contributed by atoms with van der Waals surface area (Å²) in [5, 5.41) is 8.77. The normalized spacial score (nSPS) is 24.9. The smallest absolute Gasteiger partial charge is 0.245 e. The highest BCUT2D eigenvalue weighted by Crippen LogP contribution is 2.23. The third-order valence-electron chi connectivity index (χ3n) is 9.02. The lowest BCUT2D eigenvalue weighted by Gasteiger charge is -2.31. The number of ether oxygens (including phenoxy) is 1. The van der Waals surface area contributed by atoms with E-state index in [2.05, 4.69) is 16.0 Å². The van der Waals surface area contributed by atoms with Crippen LogP contribution < -0.4 is 20.7 Å². The van der Waals surface area contributed by atoms with E-state index >= 15 is 0 Å². The molecule has 3 aliphatic rings. The summed E-state index contributed by atoms with van der Waals surface area (Å²) >= 11 is 0. The zero-order valence-corrected chi connectivity index (χ0v) is 27.4. The third kappa shape index (κ3) is 8.68. The van der Waals surface area contributed by atoms with E-state index in [-0.39, 0.29) is 43.3 Å². The van der Waals surface area contributed by atoms with Gasteiger partial charge in [-0.3, -0.25) is 28.9 Å². The molecule has 0 aromatic heterocycles. The molecule has 2 aromatic carbocycles. The van der Waals surface area contributed by atoms with Crippen LogP contribution in [0.2, 0.25) is 0 Å². The Kier molecular flexibility index (Phi) is 11.1. The molecule has 2 fully saturated rings. The topological polar surface area (TPSA) is 140 Å². The fraction of sp³-hybridized carbons (Fsp3) is 0.514. The van der Waals surface area contributed by atoms with Gasteiger partial charge in [-0.25, -0.2) is 0 Å². The minimum Gasteiger partial charge on any atom is -0.492 e. The van der Waals surface area contributed by atoms with E-state index in [0.717, 1.165) is 16.9 Å². The number of para-hydroxylation sites is 1. The molecule has 3 N–H and O–H groups in total. The molecule has 2 aromatic rings. The van der Waals surface area contributed by atoms with Crippen LogP contribution in [0.1, 0.15) is 44.7 Å². The van der Waals surface area contributed by atoms with Gasteiger partial charge >= 0.3 is 0 Å². The maximum Gasteiger partial charge on any atom is 0.245 e. The highest BCUT2D eigenvalue weighted by molar-refractivity contribution is 5.95. The Morgan fingerprint density at radius 1 is 0.915 bits per heavy atom. The molecule has 0 radical (unpaired) electrons. The number of amides is 5. The fourth-order valence-electron chi connectivity index (χ4n) is 6.54. The molecule has 12 nitrogen and oxygen atoms in total. The summed E-state index contributed by atoms with van der Waals surface area (Å²) in [7, 11) is 0. The molecule has 5 amide bonds. The maximum atomic E-state index is 14.0. The van der Waals surface area contributed by atoms with Gasteiger partial charge in [0.25, 0.3) is 0 Å². The molecule has 252 valence electrons. The van der Waals surface area contributed by atoms with Crippen LogP contribution >= 0.6 is 0 Å². The van der Waals surface area contributed by atoms with E-state index in [1.54, 1.807) is 6.92 Å². The number of fused-ring (bicyclic) bond motifs is 2. The van der Waals surface area contributed by atoms with Crippen molar-refractivity contribution in [1.82, 2.24) is 30.7 Å². The monoisotopic (exact) mass is 646 g/mol. The number of nitrogens with one attached hydrogen (secondary N) is 3. The molecule has 0 saturated carbocycles. The molecule has 12 heteroatoms. The molecule has 5 rings (SSSR count). The number of carbonyl (C=O) groups excluding carboxylic acids is 5. The van der Waals surface area contributed by atoms with Gasteiger partial charge in [-0.05, 0) is 43.7 Å². The summed E-state index contributed by atoms with van der Waals surface area (Å²) < 4.78 is 5.89. The van der Waals surface area contributed by atoms with Crippen LogP contribution in [0.5, 0.6) is 5.75 Å². The first kappa shape index (κ1) is 33.9. The Balaban J connectivity index is 1.44. The Bertz CT molecular complexity index is 1450. The predicted octanol–water partition coefficient (Wildman–Crippen LogP) is 1.09. The van der Waals surface area contributed by atoms with Crippen molar-refractivity contribution in [1.29, 1.82) is 0 Å². The van der Waals surface area contributed by atoms with Gasteiger partial charge in [0.2, 0.25) is 29.5 Å². The van der Waals surface area contributed by atoms with Gasteiger partial charge in [0.05, 0.1) is 19.1 Å². The SMILES string of the molecule is CC(C)[C@@H]1NC(=O)[C@H]2CCCN2C(=O)[C@H](C)NC(=O)CN(C(=O)CN2CCOc3ccccc3C2)C[C@H](Cc2ccccc2)NC1=O. The van der Waals surface area contributed by atoms with Crippen LogP contribution in [-0.4, -0.2) is 108 Å². The van der Waals surface area contributed by atoms with Crippen molar-refractivity contribution >= 4 is 29.5 Å². The molecule has 0 bridgehead atoms. The molecule has 0 aliphatic carbocycles. The highest BCUT2D eigenvalue weighted by Gasteiger charge is 2.39. The maximum absolute atomic E-state index is 14.0. The first-order chi connectivity index (χ1) is 22.6.